The van der Waals surface area contributed by atoms with Crippen LogP contribution < -0.4 is 0 Å². The molecule has 2 aromatic rings. The van der Waals surface area contributed by atoms with Crippen molar-refractivity contribution in [2.75, 3.05) is 13.1 Å². The van der Waals surface area contributed by atoms with E-state index in [0.717, 1.165) is 43.3 Å². The SMILES string of the molecule is CCC(O)Cn1nc(Cc2cccnc2)nc1CN1CCCC1. The molecule has 2 aromatic heterocycles. The Bertz CT molecular complexity index is 607. The van der Waals surface area contributed by atoms with Crippen LogP contribution in [-0.4, -0.2) is 48.9 Å². The van der Waals surface area contributed by atoms with Crippen molar-refractivity contribution in [2.24, 2.45) is 0 Å². The van der Waals surface area contributed by atoms with Gasteiger partial charge in [0.1, 0.15) is 5.82 Å². The molecule has 1 saturated heterocycles. The fourth-order valence-corrected chi connectivity index (χ4v) is 2.92. The highest BCUT2D eigenvalue weighted by Crippen LogP contribution is 2.14. The van der Waals surface area contributed by atoms with E-state index in [9.17, 15) is 5.11 Å². The fraction of sp³-hybridized carbons (Fsp3) is 0.588. The van der Waals surface area contributed by atoms with Gasteiger partial charge in [0, 0.05) is 18.8 Å². The molecule has 0 amide bonds. The van der Waals surface area contributed by atoms with E-state index in [1.807, 2.05) is 29.9 Å². The Morgan fingerprint density at radius 1 is 1.30 bits per heavy atom. The Balaban J connectivity index is 1.77. The minimum absolute atomic E-state index is 0.375. The Morgan fingerprint density at radius 3 is 2.83 bits per heavy atom. The Morgan fingerprint density at radius 2 is 2.13 bits per heavy atom. The number of aliphatic hydroxyl groups is 1. The summed E-state index contributed by atoms with van der Waals surface area (Å²) in [5, 5.41) is 14.6. The third kappa shape index (κ3) is 4.36. The van der Waals surface area contributed by atoms with Gasteiger partial charge in [0.05, 0.1) is 19.2 Å². The molecule has 124 valence electrons. The van der Waals surface area contributed by atoms with E-state index in [0.29, 0.717) is 13.0 Å². The van der Waals surface area contributed by atoms with Crippen LogP contribution in [-0.2, 0) is 19.5 Å². The molecule has 1 N–H and O–H groups in total. The molecule has 1 atom stereocenters. The van der Waals surface area contributed by atoms with Crippen molar-refractivity contribution in [1.29, 1.82) is 0 Å². The van der Waals surface area contributed by atoms with Crippen molar-refractivity contribution >= 4 is 0 Å². The molecule has 0 saturated carbocycles. The standard InChI is InChI=1S/C17H25N5O/c1-2-15(23)12-22-17(13-21-8-3-4-9-21)19-16(20-22)10-14-6-5-7-18-11-14/h5-7,11,15,23H,2-4,8-10,12-13H2,1H3. The zero-order valence-corrected chi connectivity index (χ0v) is 13.7. The molecule has 0 aromatic carbocycles. The van der Waals surface area contributed by atoms with Crippen molar-refractivity contribution in [3.8, 4) is 0 Å². The molecule has 6 heteroatoms. The molecule has 3 rings (SSSR count). The van der Waals surface area contributed by atoms with Crippen LogP contribution in [0, 0.1) is 0 Å². The van der Waals surface area contributed by atoms with Crippen LogP contribution in [0.25, 0.3) is 0 Å². The number of pyridine rings is 1. The second-order valence-electron chi connectivity index (χ2n) is 6.21. The number of rotatable bonds is 7. The maximum absolute atomic E-state index is 9.98. The first kappa shape index (κ1) is 16.1. The monoisotopic (exact) mass is 315 g/mol. The van der Waals surface area contributed by atoms with Crippen LogP contribution in [0.2, 0.25) is 0 Å². The summed E-state index contributed by atoms with van der Waals surface area (Å²) in [4.78, 5) is 11.3. The van der Waals surface area contributed by atoms with Crippen LogP contribution in [0.15, 0.2) is 24.5 Å². The van der Waals surface area contributed by atoms with Gasteiger partial charge in [0.2, 0.25) is 0 Å². The molecule has 1 aliphatic rings. The van der Waals surface area contributed by atoms with Crippen LogP contribution in [0.3, 0.4) is 0 Å². The van der Waals surface area contributed by atoms with Gasteiger partial charge in [-0.05, 0) is 44.0 Å². The minimum Gasteiger partial charge on any atom is -0.391 e. The van der Waals surface area contributed by atoms with E-state index in [1.165, 1.54) is 12.8 Å². The lowest BCUT2D eigenvalue weighted by atomic mass is 10.2. The fourth-order valence-electron chi connectivity index (χ4n) is 2.92. The molecule has 0 bridgehead atoms. The third-order valence-corrected chi connectivity index (χ3v) is 4.30. The van der Waals surface area contributed by atoms with Crippen LogP contribution in [0.5, 0.6) is 0 Å². The molecule has 3 heterocycles. The lowest BCUT2D eigenvalue weighted by molar-refractivity contribution is 0.142. The van der Waals surface area contributed by atoms with Crippen molar-refractivity contribution in [1.82, 2.24) is 24.6 Å². The van der Waals surface area contributed by atoms with Crippen molar-refractivity contribution in [2.45, 2.75) is 51.8 Å². The number of likely N-dealkylation sites (tertiary alicyclic amines) is 1. The predicted octanol–water partition coefficient (Wildman–Crippen LogP) is 1.63. The highest BCUT2D eigenvalue weighted by molar-refractivity contribution is 5.14. The summed E-state index contributed by atoms with van der Waals surface area (Å²) in [7, 11) is 0. The van der Waals surface area contributed by atoms with E-state index >= 15 is 0 Å². The summed E-state index contributed by atoms with van der Waals surface area (Å²) >= 11 is 0. The van der Waals surface area contributed by atoms with Crippen LogP contribution >= 0.6 is 0 Å². The molecule has 0 spiro atoms. The maximum atomic E-state index is 9.98. The average Bonchev–Trinajstić information content (AvgIpc) is 3.19. The molecular weight excluding hydrogens is 290 g/mol. The summed E-state index contributed by atoms with van der Waals surface area (Å²) in [6.07, 6.45) is 7.16. The summed E-state index contributed by atoms with van der Waals surface area (Å²) in [5.41, 5.74) is 1.11. The number of aromatic nitrogens is 4. The summed E-state index contributed by atoms with van der Waals surface area (Å²) in [6, 6.07) is 3.97. The van der Waals surface area contributed by atoms with Gasteiger partial charge >= 0.3 is 0 Å². The van der Waals surface area contributed by atoms with Crippen LogP contribution in [0.1, 0.15) is 43.4 Å². The van der Waals surface area contributed by atoms with Gasteiger partial charge in [0.25, 0.3) is 0 Å². The molecule has 23 heavy (non-hydrogen) atoms. The highest BCUT2D eigenvalue weighted by atomic mass is 16.3. The van der Waals surface area contributed by atoms with Gasteiger partial charge < -0.3 is 5.11 Å². The highest BCUT2D eigenvalue weighted by Gasteiger charge is 2.18. The minimum atomic E-state index is -0.375. The van der Waals surface area contributed by atoms with Crippen LogP contribution in [0.4, 0.5) is 0 Å². The van der Waals surface area contributed by atoms with E-state index in [4.69, 9.17) is 4.98 Å². The van der Waals surface area contributed by atoms with Gasteiger partial charge in [-0.25, -0.2) is 9.67 Å². The molecule has 1 unspecified atom stereocenters. The topological polar surface area (TPSA) is 67.1 Å². The lowest BCUT2D eigenvalue weighted by Crippen LogP contribution is -2.24. The predicted molar refractivity (Wildman–Crippen MR) is 87.9 cm³/mol. The third-order valence-electron chi connectivity index (χ3n) is 4.30. The Kier molecular flexibility index (Phi) is 5.35. The molecule has 6 nitrogen and oxygen atoms in total. The maximum Gasteiger partial charge on any atom is 0.155 e. The second kappa shape index (κ2) is 7.66. The zero-order valence-electron chi connectivity index (χ0n) is 13.7. The summed E-state index contributed by atoms with van der Waals surface area (Å²) in [6.45, 7) is 5.57. The van der Waals surface area contributed by atoms with E-state index < -0.39 is 0 Å². The molecular formula is C17H25N5O. The molecule has 1 fully saturated rings. The number of aliphatic hydroxyl groups excluding tert-OH is 1. The van der Waals surface area contributed by atoms with Gasteiger partial charge in [-0.1, -0.05) is 13.0 Å². The van der Waals surface area contributed by atoms with E-state index in [1.54, 1.807) is 6.20 Å². The van der Waals surface area contributed by atoms with Crippen molar-refractivity contribution in [3.05, 3.63) is 41.7 Å². The number of hydrogen-bond donors (Lipinski definition) is 1. The number of nitrogens with zero attached hydrogens (tertiary/aromatic N) is 5. The largest absolute Gasteiger partial charge is 0.391 e. The first-order chi connectivity index (χ1) is 11.2. The van der Waals surface area contributed by atoms with E-state index in [2.05, 4.69) is 15.0 Å². The van der Waals surface area contributed by atoms with Crippen molar-refractivity contribution in [3.63, 3.8) is 0 Å². The Hall–Kier alpha value is -1.79. The second-order valence-corrected chi connectivity index (χ2v) is 6.21. The Labute approximate surface area is 137 Å². The lowest BCUT2D eigenvalue weighted by Gasteiger charge is -2.15. The van der Waals surface area contributed by atoms with Gasteiger partial charge in [-0.2, -0.15) is 5.10 Å². The molecule has 1 aliphatic heterocycles. The van der Waals surface area contributed by atoms with Crippen molar-refractivity contribution < 1.29 is 5.11 Å². The zero-order chi connectivity index (χ0) is 16.1. The average molecular weight is 315 g/mol. The van der Waals surface area contributed by atoms with Gasteiger partial charge in [-0.3, -0.25) is 9.88 Å². The first-order valence-corrected chi connectivity index (χ1v) is 8.46. The van der Waals surface area contributed by atoms with Gasteiger partial charge in [0.15, 0.2) is 5.82 Å². The number of hydrogen-bond acceptors (Lipinski definition) is 5. The smallest absolute Gasteiger partial charge is 0.155 e. The molecule has 0 aliphatic carbocycles. The van der Waals surface area contributed by atoms with E-state index in [-0.39, 0.29) is 6.10 Å². The summed E-state index contributed by atoms with van der Waals surface area (Å²) < 4.78 is 1.89. The van der Waals surface area contributed by atoms with Gasteiger partial charge in [-0.15, -0.1) is 0 Å². The first-order valence-electron chi connectivity index (χ1n) is 8.46. The molecule has 0 radical (unpaired) electrons. The quantitative estimate of drug-likeness (QED) is 0.841. The summed E-state index contributed by atoms with van der Waals surface area (Å²) in [5.74, 6) is 1.76. The normalized spacial score (nSPS) is 16.8.